The Labute approximate surface area is 140 Å². The van der Waals surface area contributed by atoms with Crippen molar-refractivity contribution in [3.05, 3.63) is 33.9 Å². The van der Waals surface area contributed by atoms with Crippen LogP contribution in [0.5, 0.6) is 0 Å². The zero-order chi connectivity index (χ0) is 16.4. The fraction of sp³-hybridized carbons (Fsp3) is 0.562. The van der Waals surface area contributed by atoms with Crippen molar-refractivity contribution < 1.29 is 9.21 Å². The van der Waals surface area contributed by atoms with Gasteiger partial charge in [-0.15, -0.1) is 11.3 Å². The maximum Gasteiger partial charge on any atom is 0.276 e. The van der Waals surface area contributed by atoms with E-state index in [4.69, 9.17) is 4.42 Å². The van der Waals surface area contributed by atoms with Gasteiger partial charge in [0.05, 0.1) is 11.2 Å². The van der Waals surface area contributed by atoms with Crippen LogP contribution in [0.1, 0.15) is 33.2 Å². The molecule has 2 aromatic rings. The van der Waals surface area contributed by atoms with Crippen LogP contribution in [0, 0.1) is 19.8 Å². The second kappa shape index (κ2) is 6.80. The van der Waals surface area contributed by atoms with Crippen LogP contribution in [0.4, 0.5) is 0 Å². The van der Waals surface area contributed by atoms with Gasteiger partial charge < -0.3 is 14.2 Å². The van der Waals surface area contributed by atoms with Crippen LogP contribution in [0.2, 0.25) is 0 Å². The second-order valence-corrected chi connectivity index (χ2v) is 7.16. The summed E-state index contributed by atoms with van der Waals surface area (Å²) in [6.45, 7) is 7.32. The summed E-state index contributed by atoms with van der Waals surface area (Å²) < 4.78 is 5.13. The van der Waals surface area contributed by atoms with Crippen LogP contribution in [-0.2, 0) is 6.54 Å². The first-order valence-corrected chi connectivity index (χ1v) is 8.69. The van der Waals surface area contributed by atoms with E-state index in [1.54, 1.807) is 18.3 Å². The number of likely N-dealkylation sites (tertiary alicyclic amines) is 1. The molecule has 1 saturated heterocycles. The third-order valence-corrected chi connectivity index (χ3v) is 5.27. The highest BCUT2D eigenvalue weighted by Gasteiger charge is 2.29. The highest BCUT2D eigenvalue weighted by Crippen LogP contribution is 2.22. The predicted molar refractivity (Wildman–Crippen MR) is 88.4 cm³/mol. The molecule has 0 aromatic carbocycles. The average Bonchev–Trinajstić information content (AvgIpc) is 3.22. The summed E-state index contributed by atoms with van der Waals surface area (Å²) in [5.74, 6) is 1.08. The van der Waals surface area contributed by atoms with Gasteiger partial charge in [-0.2, -0.15) is 0 Å². The molecule has 0 bridgehead atoms. The fourth-order valence-corrected chi connectivity index (χ4v) is 3.91. The molecule has 3 rings (SSSR count). The van der Waals surface area contributed by atoms with Gasteiger partial charge in [0, 0.05) is 31.1 Å². The summed E-state index contributed by atoms with van der Waals surface area (Å²) in [7, 11) is 2.13. The van der Waals surface area contributed by atoms with Crippen molar-refractivity contribution in [2.45, 2.75) is 26.8 Å². The SMILES string of the molecule is Cc1ncsc1CN(C)CC1CCN(C(=O)c2ncoc2C)C1. The minimum atomic E-state index is -0.0142. The van der Waals surface area contributed by atoms with Crippen molar-refractivity contribution in [3.8, 4) is 0 Å². The number of hydrogen-bond donors (Lipinski definition) is 0. The van der Waals surface area contributed by atoms with Crippen molar-refractivity contribution >= 4 is 17.2 Å². The maximum atomic E-state index is 12.4. The molecule has 1 aliphatic rings. The molecule has 1 amide bonds. The van der Waals surface area contributed by atoms with Crippen LogP contribution in [0.15, 0.2) is 16.3 Å². The van der Waals surface area contributed by atoms with Gasteiger partial charge in [0.15, 0.2) is 12.1 Å². The Morgan fingerprint density at radius 2 is 2.30 bits per heavy atom. The standard InChI is InChI=1S/C16H22N4O2S/c1-11-14(23-10-18-11)8-19(3)6-13-4-5-20(7-13)16(21)15-12(2)22-9-17-15/h9-10,13H,4-8H2,1-3H3. The van der Waals surface area contributed by atoms with E-state index in [9.17, 15) is 4.79 Å². The molecule has 124 valence electrons. The number of thiazole rings is 1. The zero-order valence-electron chi connectivity index (χ0n) is 13.8. The van der Waals surface area contributed by atoms with E-state index in [-0.39, 0.29) is 5.91 Å². The Balaban J connectivity index is 1.53. The molecule has 2 aromatic heterocycles. The summed E-state index contributed by atoms with van der Waals surface area (Å²) in [5.41, 5.74) is 3.46. The first kappa shape index (κ1) is 16.1. The Bertz CT molecular complexity index is 681. The minimum Gasteiger partial charge on any atom is -0.448 e. The van der Waals surface area contributed by atoms with Crippen molar-refractivity contribution in [1.29, 1.82) is 0 Å². The first-order valence-electron chi connectivity index (χ1n) is 7.81. The zero-order valence-corrected chi connectivity index (χ0v) is 14.6. The number of aryl methyl sites for hydroxylation is 2. The number of carbonyl (C=O) groups is 1. The van der Waals surface area contributed by atoms with Crippen molar-refractivity contribution in [3.63, 3.8) is 0 Å². The number of oxazole rings is 1. The number of aromatic nitrogens is 2. The summed E-state index contributed by atoms with van der Waals surface area (Å²) in [6, 6.07) is 0. The minimum absolute atomic E-state index is 0.0142. The van der Waals surface area contributed by atoms with Gasteiger partial charge in [-0.1, -0.05) is 0 Å². The van der Waals surface area contributed by atoms with E-state index in [0.717, 1.165) is 38.3 Å². The van der Waals surface area contributed by atoms with Crippen LogP contribution in [0.25, 0.3) is 0 Å². The molecule has 7 heteroatoms. The van der Waals surface area contributed by atoms with E-state index >= 15 is 0 Å². The predicted octanol–water partition coefficient (Wildman–Crippen LogP) is 2.34. The lowest BCUT2D eigenvalue weighted by Gasteiger charge is -2.21. The number of amides is 1. The highest BCUT2D eigenvalue weighted by atomic mass is 32.1. The average molecular weight is 334 g/mol. The Hall–Kier alpha value is -1.73. The van der Waals surface area contributed by atoms with Crippen LogP contribution < -0.4 is 0 Å². The molecule has 0 aliphatic carbocycles. The molecule has 0 spiro atoms. The van der Waals surface area contributed by atoms with E-state index in [1.165, 1.54) is 11.3 Å². The maximum absolute atomic E-state index is 12.4. The van der Waals surface area contributed by atoms with Gasteiger partial charge in [-0.25, -0.2) is 9.97 Å². The Kier molecular flexibility index (Phi) is 4.77. The van der Waals surface area contributed by atoms with Crippen molar-refractivity contribution in [1.82, 2.24) is 19.8 Å². The Morgan fingerprint density at radius 1 is 1.48 bits per heavy atom. The van der Waals surface area contributed by atoms with Crippen molar-refractivity contribution in [2.75, 3.05) is 26.7 Å². The van der Waals surface area contributed by atoms with E-state index < -0.39 is 0 Å². The molecule has 0 N–H and O–H groups in total. The number of rotatable bonds is 5. The summed E-state index contributed by atoms with van der Waals surface area (Å²) >= 11 is 1.71. The highest BCUT2D eigenvalue weighted by molar-refractivity contribution is 7.09. The monoisotopic (exact) mass is 334 g/mol. The summed E-state index contributed by atoms with van der Waals surface area (Å²) in [6.07, 6.45) is 2.37. The van der Waals surface area contributed by atoms with Crippen LogP contribution in [0.3, 0.4) is 0 Å². The molecule has 23 heavy (non-hydrogen) atoms. The molecule has 0 saturated carbocycles. The van der Waals surface area contributed by atoms with Crippen molar-refractivity contribution in [2.24, 2.45) is 5.92 Å². The second-order valence-electron chi connectivity index (χ2n) is 6.22. The normalized spacial score (nSPS) is 18.1. The smallest absolute Gasteiger partial charge is 0.276 e. The lowest BCUT2D eigenvalue weighted by molar-refractivity contribution is 0.0777. The molecule has 1 aliphatic heterocycles. The molecule has 1 atom stereocenters. The molecule has 6 nitrogen and oxygen atoms in total. The third-order valence-electron chi connectivity index (χ3n) is 4.35. The van der Waals surface area contributed by atoms with Gasteiger partial charge in [-0.3, -0.25) is 4.79 Å². The molecule has 0 radical (unpaired) electrons. The summed E-state index contributed by atoms with van der Waals surface area (Å²) in [4.78, 5) is 26.3. The molecule has 3 heterocycles. The Morgan fingerprint density at radius 3 is 2.96 bits per heavy atom. The lowest BCUT2D eigenvalue weighted by atomic mass is 10.1. The molecular weight excluding hydrogens is 312 g/mol. The summed E-state index contributed by atoms with van der Waals surface area (Å²) in [5, 5.41) is 0. The van der Waals surface area contributed by atoms with Gasteiger partial charge in [0.1, 0.15) is 5.76 Å². The van der Waals surface area contributed by atoms with Gasteiger partial charge >= 0.3 is 0 Å². The third kappa shape index (κ3) is 3.61. The fourth-order valence-electron chi connectivity index (χ4n) is 3.06. The first-order chi connectivity index (χ1) is 11.0. The molecule has 1 unspecified atom stereocenters. The molecule has 1 fully saturated rings. The van der Waals surface area contributed by atoms with Crippen LogP contribution in [-0.4, -0.2) is 52.4 Å². The van der Waals surface area contributed by atoms with Crippen LogP contribution >= 0.6 is 11.3 Å². The van der Waals surface area contributed by atoms with E-state index in [2.05, 4.69) is 28.8 Å². The number of hydrogen-bond acceptors (Lipinski definition) is 6. The molecular formula is C16H22N4O2S. The number of nitrogens with zero attached hydrogens (tertiary/aromatic N) is 4. The largest absolute Gasteiger partial charge is 0.448 e. The van der Waals surface area contributed by atoms with E-state index in [1.807, 2.05) is 10.4 Å². The quantitative estimate of drug-likeness (QED) is 0.840. The van der Waals surface area contributed by atoms with Gasteiger partial charge in [-0.05, 0) is 33.2 Å². The van der Waals surface area contributed by atoms with Gasteiger partial charge in [0.2, 0.25) is 0 Å². The topological polar surface area (TPSA) is 62.5 Å². The number of carbonyl (C=O) groups excluding carboxylic acids is 1. The van der Waals surface area contributed by atoms with Gasteiger partial charge in [0.25, 0.3) is 5.91 Å². The lowest BCUT2D eigenvalue weighted by Crippen LogP contribution is -2.32. The van der Waals surface area contributed by atoms with E-state index in [0.29, 0.717) is 17.4 Å².